The van der Waals surface area contributed by atoms with Gasteiger partial charge in [-0.1, -0.05) is 74.0 Å². The third kappa shape index (κ3) is 7.16. The van der Waals surface area contributed by atoms with E-state index in [-0.39, 0.29) is 23.0 Å². The van der Waals surface area contributed by atoms with E-state index in [2.05, 4.69) is 5.32 Å². The molecule has 3 aromatic rings. The summed E-state index contributed by atoms with van der Waals surface area (Å²) in [5.74, 6) is -1.76. The van der Waals surface area contributed by atoms with E-state index in [0.717, 1.165) is 28.8 Å². The third-order valence-corrected chi connectivity index (χ3v) is 7.70. The van der Waals surface area contributed by atoms with Gasteiger partial charge in [0.05, 0.1) is 10.6 Å². The largest absolute Gasteiger partial charge is 0.354 e. The van der Waals surface area contributed by atoms with E-state index in [1.807, 2.05) is 37.3 Å². The van der Waals surface area contributed by atoms with Crippen molar-refractivity contribution in [3.63, 3.8) is 0 Å². The summed E-state index contributed by atoms with van der Waals surface area (Å²) in [4.78, 5) is 27.8. The van der Waals surface area contributed by atoms with Gasteiger partial charge in [-0.15, -0.1) is 0 Å². The Labute approximate surface area is 218 Å². The van der Waals surface area contributed by atoms with Gasteiger partial charge in [-0.2, -0.15) is 0 Å². The molecule has 3 rings (SSSR count). The van der Waals surface area contributed by atoms with Gasteiger partial charge in [0.25, 0.3) is 10.0 Å². The van der Waals surface area contributed by atoms with Crippen molar-refractivity contribution in [1.29, 1.82) is 0 Å². The van der Waals surface area contributed by atoms with Crippen molar-refractivity contribution in [2.24, 2.45) is 0 Å². The maximum Gasteiger partial charge on any atom is 0.264 e. The highest BCUT2D eigenvalue weighted by Gasteiger charge is 2.33. The van der Waals surface area contributed by atoms with E-state index in [9.17, 15) is 22.4 Å². The molecule has 0 aliphatic rings. The number of nitrogens with zero attached hydrogens (tertiary/aromatic N) is 2. The highest BCUT2D eigenvalue weighted by Crippen LogP contribution is 2.26. The lowest BCUT2D eigenvalue weighted by molar-refractivity contribution is -0.139. The molecule has 0 aliphatic heterocycles. The van der Waals surface area contributed by atoms with E-state index in [1.54, 1.807) is 25.1 Å². The van der Waals surface area contributed by atoms with E-state index in [4.69, 9.17) is 0 Å². The molecule has 2 amide bonds. The molecule has 7 nitrogen and oxygen atoms in total. The minimum absolute atomic E-state index is 0.0778. The summed E-state index contributed by atoms with van der Waals surface area (Å²) in [6.07, 6.45) is 1.69. The quantitative estimate of drug-likeness (QED) is 0.356. The minimum atomic E-state index is -4.30. The highest BCUT2D eigenvalue weighted by atomic mass is 32.2. The Bertz CT molecular complexity index is 1290. The van der Waals surface area contributed by atoms with Crippen LogP contribution in [0.4, 0.5) is 10.1 Å². The van der Waals surface area contributed by atoms with Crippen molar-refractivity contribution in [1.82, 2.24) is 10.2 Å². The summed E-state index contributed by atoms with van der Waals surface area (Å²) in [6, 6.07) is 21.2. The number of rotatable bonds is 12. The Morgan fingerprint density at radius 1 is 0.919 bits per heavy atom. The predicted octanol–water partition coefficient (Wildman–Crippen LogP) is 4.35. The van der Waals surface area contributed by atoms with E-state index < -0.39 is 34.3 Å². The lowest BCUT2D eigenvalue weighted by atomic mass is 10.1. The molecule has 1 atom stereocenters. The van der Waals surface area contributed by atoms with Crippen LogP contribution < -0.4 is 9.62 Å². The van der Waals surface area contributed by atoms with Gasteiger partial charge >= 0.3 is 0 Å². The van der Waals surface area contributed by atoms with Crippen LogP contribution in [0.2, 0.25) is 0 Å². The molecule has 0 bridgehead atoms. The van der Waals surface area contributed by atoms with Crippen molar-refractivity contribution >= 4 is 27.5 Å². The van der Waals surface area contributed by atoms with Crippen LogP contribution in [0.3, 0.4) is 0 Å². The second-order valence-electron chi connectivity index (χ2n) is 8.60. The summed E-state index contributed by atoms with van der Waals surface area (Å²) in [5.41, 5.74) is 0.520. The zero-order chi connectivity index (χ0) is 26.8. The number of unbranched alkanes of at least 4 members (excludes halogenated alkanes) is 1. The van der Waals surface area contributed by atoms with Crippen LogP contribution in [0.5, 0.6) is 0 Å². The predicted molar refractivity (Wildman–Crippen MR) is 142 cm³/mol. The second kappa shape index (κ2) is 13.0. The standard InChI is InChI=1S/C28H32FN3O4S/c1-3-4-19-30-28(34)22(2)31(20-23-13-7-5-8-14-23)27(33)21-32(26-18-12-11-17-25(26)29)37(35,36)24-15-9-6-10-16-24/h5-18,22H,3-4,19-21H2,1-2H3,(H,30,34)/t22-/m1/s1. The number of carbonyl (C=O) groups is 2. The van der Waals surface area contributed by atoms with Gasteiger partial charge in [-0.3, -0.25) is 13.9 Å². The molecule has 0 spiro atoms. The first kappa shape index (κ1) is 27.9. The lowest BCUT2D eigenvalue weighted by Crippen LogP contribution is -2.51. The molecule has 0 aliphatic carbocycles. The number of sulfonamides is 1. The van der Waals surface area contributed by atoms with Crippen LogP contribution in [0.1, 0.15) is 32.3 Å². The SMILES string of the molecule is CCCCNC(=O)[C@@H](C)N(Cc1ccccc1)C(=O)CN(c1ccccc1F)S(=O)(=O)c1ccccc1. The van der Waals surface area contributed by atoms with E-state index in [0.29, 0.717) is 6.54 Å². The fourth-order valence-corrected chi connectivity index (χ4v) is 5.23. The number of para-hydroxylation sites is 1. The normalized spacial score (nSPS) is 12.0. The van der Waals surface area contributed by atoms with Crippen molar-refractivity contribution in [2.75, 3.05) is 17.4 Å². The zero-order valence-corrected chi connectivity index (χ0v) is 21.8. The van der Waals surface area contributed by atoms with Crippen LogP contribution >= 0.6 is 0 Å². The van der Waals surface area contributed by atoms with Gasteiger partial charge in [0.2, 0.25) is 11.8 Å². The molecule has 0 saturated heterocycles. The van der Waals surface area contributed by atoms with Crippen LogP contribution in [-0.4, -0.2) is 44.3 Å². The van der Waals surface area contributed by atoms with Crippen molar-refractivity contribution < 1.29 is 22.4 Å². The first-order chi connectivity index (χ1) is 17.8. The second-order valence-corrected chi connectivity index (χ2v) is 10.5. The number of nitrogens with one attached hydrogen (secondary N) is 1. The molecule has 0 aromatic heterocycles. The fourth-order valence-electron chi connectivity index (χ4n) is 3.79. The first-order valence-corrected chi connectivity index (χ1v) is 13.6. The number of hydrogen-bond acceptors (Lipinski definition) is 4. The molecule has 0 unspecified atom stereocenters. The van der Waals surface area contributed by atoms with Crippen LogP contribution in [-0.2, 0) is 26.2 Å². The number of anilines is 1. The zero-order valence-electron chi connectivity index (χ0n) is 21.0. The van der Waals surface area contributed by atoms with Crippen molar-refractivity contribution in [3.8, 4) is 0 Å². The van der Waals surface area contributed by atoms with Crippen LogP contribution in [0.25, 0.3) is 0 Å². The van der Waals surface area contributed by atoms with Gasteiger partial charge in [-0.05, 0) is 43.2 Å². The van der Waals surface area contributed by atoms with Crippen molar-refractivity contribution in [2.45, 2.75) is 44.2 Å². The smallest absolute Gasteiger partial charge is 0.264 e. The summed E-state index contributed by atoms with van der Waals surface area (Å²) in [7, 11) is -4.30. The summed E-state index contributed by atoms with van der Waals surface area (Å²) < 4.78 is 42.8. The third-order valence-electron chi connectivity index (χ3n) is 5.92. The summed E-state index contributed by atoms with van der Waals surface area (Å²) >= 11 is 0. The fraction of sp³-hybridized carbons (Fsp3) is 0.286. The number of hydrogen-bond donors (Lipinski definition) is 1. The topological polar surface area (TPSA) is 86.8 Å². The molecule has 3 aromatic carbocycles. The van der Waals surface area contributed by atoms with Crippen LogP contribution in [0, 0.1) is 5.82 Å². The molecular weight excluding hydrogens is 493 g/mol. The number of amides is 2. The minimum Gasteiger partial charge on any atom is -0.354 e. The Balaban J connectivity index is 1.98. The van der Waals surface area contributed by atoms with Crippen LogP contribution in [0.15, 0.2) is 89.8 Å². The Hall–Kier alpha value is -3.72. The molecule has 0 heterocycles. The van der Waals surface area contributed by atoms with Gasteiger partial charge < -0.3 is 10.2 Å². The first-order valence-electron chi connectivity index (χ1n) is 12.2. The molecular formula is C28H32FN3O4S. The van der Waals surface area contributed by atoms with Gasteiger partial charge in [0, 0.05) is 13.1 Å². The Morgan fingerprint density at radius 2 is 1.51 bits per heavy atom. The maximum atomic E-state index is 14.8. The average Bonchev–Trinajstić information content (AvgIpc) is 2.91. The molecule has 9 heteroatoms. The highest BCUT2D eigenvalue weighted by molar-refractivity contribution is 7.92. The molecule has 0 radical (unpaired) electrons. The number of carbonyl (C=O) groups excluding carboxylic acids is 2. The van der Waals surface area contributed by atoms with Gasteiger partial charge in [0.1, 0.15) is 18.4 Å². The monoisotopic (exact) mass is 525 g/mol. The summed E-state index contributed by atoms with van der Waals surface area (Å²) in [6.45, 7) is 3.47. The molecule has 0 saturated carbocycles. The average molecular weight is 526 g/mol. The Morgan fingerprint density at radius 3 is 2.14 bits per heavy atom. The summed E-state index contributed by atoms with van der Waals surface area (Å²) in [5, 5.41) is 2.83. The van der Waals surface area contributed by atoms with E-state index >= 15 is 0 Å². The van der Waals surface area contributed by atoms with Gasteiger partial charge in [-0.25, -0.2) is 12.8 Å². The molecule has 37 heavy (non-hydrogen) atoms. The lowest BCUT2D eigenvalue weighted by Gasteiger charge is -2.32. The molecule has 196 valence electrons. The van der Waals surface area contributed by atoms with Crippen molar-refractivity contribution in [3.05, 3.63) is 96.3 Å². The molecule has 1 N–H and O–H groups in total. The number of benzene rings is 3. The number of halogens is 1. The van der Waals surface area contributed by atoms with Gasteiger partial charge in [0.15, 0.2) is 0 Å². The molecule has 0 fully saturated rings. The maximum absolute atomic E-state index is 14.8. The Kier molecular flexibility index (Phi) is 9.79. The van der Waals surface area contributed by atoms with E-state index in [1.165, 1.54) is 35.2 Å².